The van der Waals surface area contributed by atoms with Gasteiger partial charge in [0.15, 0.2) is 11.6 Å². The Morgan fingerprint density at radius 3 is 2.40 bits per heavy atom. The van der Waals surface area contributed by atoms with E-state index in [1.54, 1.807) is 13.0 Å². The molecular formula is C14H11F2N5O3S. The van der Waals surface area contributed by atoms with Gasteiger partial charge in [0.1, 0.15) is 5.69 Å². The molecule has 0 saturated carbocycles. The van der Waals surface area contributed by atoms with E-state index in [0.29, 0.717) is 5.69 Å². The third kappa shape index (κ3) is 2.82. The molecule has 11 heteroatoms. The van der Waals surface area contributed by atoms with Crippen molar-refractivity contribution >= 4 is 27.4 Å². The minimum absolute atomic E-state index is 0.000697. The van der Waals surface area contributed by atoms with Crippen LogP contribution in [0.5, 0.6) is 0 Å². The molecule has 3 aromatic rings. The van der Waals surface area contributed by atoms with Gasteiger partial charge in [0, 0.05) is 18.8 Å². The molecule has 0 radical (unpaired) electrons. The minimum Gasteiger partial charge on any atom is -0.274 e. The molecule has 25 heavy (non-hydrogen) atoms. The number of aryl methyl sites for hydroxylation is 1. The maximum Gasteiger partial charge on any atom is 0.308 e. The molecule has 0 N–H and O–H groups in total. The largest absolute Gasteiger partial charge is 0.308 e. The van der Waals surface area contributed by atoms with Crippen LogP contribution < -0.4 is 4.31 Å². The molecule has 0 aliphatic rings. The number of nitrogens with zero attached hydrogens (tertiary/aromatic N) is 5. The predicted molar refractivity (Wildman–Crippen MR) is 82.2 cm³/mol. The van der Waals surface area contributed by atoms with E-state index in [0.717, 1.165) is 29.6 Å². The molecule has 0 aliphatic heterocycles. The van der Waals surface area contributed by atoms with E-state index in [-0.39, 0.29) is 10.1 Å². The summed E-state index contributed by atoms with van der Waals surface area (Å²) in [6.07, 6.45) is 1.42. The van der Waals surface area contributed by atoms with Gasteiger partial charge in [-0.1, -0.05) is 6.07 Å². The number of rotatable bonds is 3. The molecule has 3 rings (SSSR count). The van der Waals surface area contributed by atoms with E-state index in [9.17, 15) is 22.0 Å². The van der Waals surface area contributed by atoms with E-state index in [1.807, 2.05) is 0 Å². The first-order valence-corrected chi connectivity index (χ1v) is 8.36. The summed E-state index contributed by atoms with van der Waals surface area (Å²) in [5, 5.41) is 2.93. The van der Waals surface area contributed by atoms with Gasteiger partial charge in [-0.15, -0.1) is 5.10 Å². The van der Waals surface area contributed by atoms with Gasteiger partial charge in [-0.3, -0.25) is 4.79 Å². The molecule has 1 amide bonds. The highest BCUT2D eigenvalue weighted by Gasteiger charge is 2.36. The second-order valence-corrected chi connectivity index (χ2v) is 6.75. The van der Waals surface area contributed by atoms with E-state index in [1.165, 1.54) is 6.20 Å². The molecule has 2 aromatic heterocycles. The number of hydrogen-bond acceptors (Lipinski definition) is 6. The fourth-order valence-electron chi connectivity index (χ4n) is 2.17. The van der Waals surface area contributed by atoms with Crippen molar-refractivity contribution in [1.29, 1.82) is 0 Å². The van der Waals surface area contributed by atoms with Crippen LogP contribution in [0.4, 0.5) is 14.5 Å². The molecule has 8 nitrogen and oxygen atoms in total. The van der Waals surface area contributed by atoms with Gasteiger partial charge in [0.25, 0.3) is 10.9 Å². The van der Waals surface area contributed by atoms with Crippen molar-refractivity contribution in [2.75, 3.05) is 4.31 Å². The Balaban J connectivity index is 2.22. The maximum absolute atomic E-state index is 14.0. The van der Waals surface area contributed by atoms with Crippen LogP contribution in [0.3, 0.4) is 0 Å². The lowest BCUT2D eigenvalue weighted by Gasteiger charge is -2.19. The Bertz CT molecular complexity index is 1080. The van der Waals surface area contributed by atoms with Crippen molar-refractivity contribution in [1.82, 2.24) is 19.6 Å². The van der Waals surface area contributed by atoms with Crippen LogP contribution in [-0.4, -0.2) is 33.9 Å². The average molecular weight is 367 g/mol. The summed E-state index contributed by atoms with van der Waals surface area (Å²) in [5.74, 6) is -3.57. The van der Waals surface area contributed by atoms with Gasteiger partial charge in [-0.05, 0) is 25.1 Å². The summed E-state index contributed by atoms with van der Waals surface area (Å²) in [6, 6.07) is 4.30. The Labute approximate surface area is 140 Å². The highest BCUT2D eigenvalue weighted by molar-refractivity contribution is 7.93. The SMILES string of the molecule is CC(=O)N(c1c(F)cccc1F)S(=O)(=O)c1nc2nc(C)ccn2n1. The highest BCUT2D eigenvalue weighted by atomic mass is 32.2. The van der Waals surface area contributed by atoms with Crippen LogP contribution in [0, 0.1) is 18.6 Å². The van der Waals surface area contributed by atoms with Gasteiger partial charge >= 0.3 is 10.0 Å². The summed E-state index contributed by atoms with van der Waals surface area (Å²) in [7, 11) is -4.75. The van der Waals surface area contributed by atoms with Crippen molar-refractivity contribution in [2.45, 2.75) is 19.0 Å². The molecule has 0 unspecified atom stereocenters. The summed E-state index contributed by atoms with van der Waals surface area (Å²) in [4.78, 5) is 19.6. The summed E-state index contributed by atoms with van der Waals surface area (Å²) < 4.78 is 54.6. The van der Waals surface area contributed by atoms with Crippen LogP contribution >= 0.6 is 0 Å². The lowest BCUT2D eigenvalue weighted by atomic mass is 10.3. The molecule has 2 heterocycles. The van der Waals surface area contributed by atoms with E-state index < -0.39 is 38.4 Å². The van der Waals surface area contributed by atoms with Crippen molar-refractivity contribution in [3.05, 3.63) is 47.8 Å². The predicted octanol–water partition coefficient (Wildman–Crippen LogP) is 1.45. The number of aromatic nitrogens is 4. The third-order valence-electron chi connectivity index (χ3n) is 3.22. The van der Waals surface area contributed by atoms with Crippen LogP contribution in [0.1, 0.15) is 12.6 Å². The lowest BCUT2D eigenvalue weighted by molar-refractivity contribution is -0.115. The van der Waals surface area contributed by atoms with Crippen molar-refractivity contribution < 1.29 is 22.0 Å². The standard InChI is InChI=1S/C14H11F2N5O3S/c1-8-6-7-20-13(17-8)18-14(19-20)25(23,24)21(9(2)22)12-10(15)4-3-5-11(12)16/h3-7H,1-2H3. The number of fused-ring (bicyclic) bond motifs is 1. The van der Waals surface area contributed by atoms with Gasteiger partial charge in [0.05, 0.1) is 0 Å². The third-order valence-corrected chi connectivity index (χ3v) is 4.78. The van der Waals surface area contributed by atoms with Crippen LogP contribution in [0.15, 0.2) is 35.6 Å². The second kappa shape index (κ2) is 5.84. The first-order valence-electron chi connectivity index (χ1n) is 6.92. The molecule has 130 valence electrons. The molecule has 0 bridgehead atoms. The zero-order valence-electron chi connectivity index (χ0n) is 13.0. The number of halogens is 2. The fraction of sp³-hybridized carbons (Fsp3) is 0.143. The Hall–Kier alpha value is -2.95. The van der Waals surface area contributed by atoms with Crippen molar-refractivity contribution in [3.63, 3.8) is 0 Å². The van der Waals surface area contributed by atoms with Gasteiger partial charge < -0.3 is 0 Å². The molecule has 1 aromatic carbocycles. The zero-order valence-corrected chi connectivity index (χ0v) is 13.8. The smallest absolute Gasteiger partial charge is 0.274 e. The quantitative estimate of drug-likeness (QED) is 0.695. The highest BCUT2D eigenvalue weighted by Crippen LogP contribution is 2.28. The monoisotopic (exact) mass is 367 g/mol. The lowest BCUT2D eigenvalue weighted by Crippen LogP contribution is -2.37. The fourth-order valence-corrected chi connectivity index (χ4v) is 3.47. The van der Waals surface area contributed by atoms with Crippen LogP contribution in [0.2, 0.25) is 0 Å². The topological polar surface area (TPSA) is 97.5 Å². The number of para-hydroxylation sites is 1. The second-order valence-electron chi connectivity index (χ2n) is 5.07. The Morgan fingerprint density at radius 1 is 1.16 bits per heavy atom. The number of amides is 1. The summed E-state index contributed by atoms with van der Waals surface area (Å²) >= 11 is 0. The summed E-state index contributed by atoms with van der Waals surface area (Å²) in [6.45, 7) is 2.53. The number of hydrogen-bond donors (Lipinski definition) is 0. The average Bonchev–Trinajstić information content (AvgIpc) is 2.94. The normalized spacial score (nSPS) is 11.7. The van der Waals surface area contributed by atoms with E-state index in [2.05, 4.69) is 15.1 Å². The molecule has 0 spiro atoms. The van der Waals surface area contributed by atoms with Crippen LogP contribution in [-0.2, 0) is 14.8 Å². The van der Waals surface area contributed by atoms with Gasteiger partial charge in [-0.25, -0.2) is 18.3 Å². The Kier molecular flexibility index (Phi) is 3.95. The Morgan fingerprint density at radius 2 is 1.80 bits per heavy atom. The number of benzene rings is 1. The molecular weight excluding hydrogens is 356 g/mol. The van der Waals surface area contributed by atoms with Crippen LogP contribution in [0.25, 0.3) is 5.78 Å². The van der Waals surface area contributed by atoms with Crippen molar-refractivity contribution in [3.8, 4) is 0 Å². The molecule has 0 saturated heterocycles. The zero-order chi connectivity index (χ0) is 18.4. The molecule has 0 atom stereocenters. The number of carbonyl (C=O) groups is 1. The number of carbonyl (C=O) groups excluding carboxylic acids is 1. The van der Waals surface area contributed by atoms with E-state index in [4.69, 9.17) is 0 Å². The van der Waals surface area contributed by atoms with E-state index >= 15 is 0 Å². The first kappa shape index (κ1) is 16.9. The van der Waals surface area contributed by atoms with Crippen molar-refractivity contribution in [2.24, 2.45) is 0 Å². The number of sulfonamides is 1. The van der Waals surface area contributed by atoms with Gasteiger partial charge in [0.2, 0.25) is 5.91 Å². The first-order chi connectivity index (χ1) is 11.7. The maximum atomic E-state index is 14.0. The molecule has 0 fully saturated rings. The minimum atomic E-state index is -4.75. The molecule has 0 aliphatic carbocycles. The number of anilines is 1. The van der Waals surface area contributed by atoms with Gasteiger partial charge in [-0.2, -0.15) is 17.7 Å². The summed E-state index contributed by atoms with van der Waals surface area (Å²) in [5.41, 5.74) is -0.453.